The van der Waals surface area contributed by atoms with E-state index in [1.807, 2.05) is 16.6 Å². The van der Waals surface area contributed by atoms with Gasteiger partial charge in [0.05, 0.1) is 11.4 Å². The highest BCUT2D eigenvalue weighted by molar-refractivity contribution is 5.93. The van der Waals surface area contributed by atoms with Gasteiger partial charge in [-0.15, -0.1) is 0 Å². The Labute approximate surface area is 238 Å². The Balaban J connectivity index is 1.09. The quantitative estimate of drug-likeness (QED) is 0.425. The van der Waals surface area contributed by atoms with Crippen LogP contribution in [0.2, 0.25) is 0 Å². The lowest BCUT2D eigenvalue weighted by atomic mass is 10.0. The van der Waals surface area contributed by atoms with Gasteiger partial charge >= 0.3 is 0 Å². The fourth-order valence-electron chi connectivity index (χ4n) is 6.78. The van der Waals surface area contributed by atoms with Crippen LogP contribution in [0.1, 0.15) is 48.8 Å². The SMILES string of the molecule is CC(=O)N1CC=C(c2cc(N3CCC[C@@H](NC(=O)c4cccc(N5C[C@H]6CC[C@@H](C5)N6)n4)C3)c3c(N)ncnn23)C1. The number of aromatic nitrogens is 4. The van der Waals surface area contributed by atoms with Crippen LogP contribution >= 0.6 is 0 Å². The van der Waals surface area contributed by atoms with Gasteiger partial charge in [0.15, 0.2) is 5.82 Å². The molecule has 4 aliphatic rings. The molecule has 3 saturated heterocycles. The number of anilines is 3. The van der Waals surface area contributed by atoms with Crippen molar-refractivity contribution >= 4 is 40.2 Å². The predicted octanol–water partition coefficient (Wildman–Crippen LogP) is 1.29. The second kappa shape index (κ2) is 10.3. The molecule has 41 heavy (non-hydrogen) atoms. The predicted molar refractivity (Wildman–Crippen MR) is 157 cm³/mol. The first kappa shape index (κ1) is 25.8. The largest absolute Gasteiger partial charge is 0.382 e. The number of rotatable bonds is 5. The van der Waals surface area contributed by atoms with Gasteiger partial charge in [-0.05, 0) is 49.5 Å². The van der Waals surface area contributed by atoms with Gasteiger partial charge in [-0.25, -0.2) is 14.5 Å². The third kappa shape index (κ3) is 4.86. The molecule has 12 nitrogen and oxygen atoms in total. The van der Waals surface area contributed by atoms with Crippen molar-refractivity contribution in [2.24, 2.45) is 0 Å². The lowest BCUT2D eigenvalue weighted by Crippen LogP contribution is -2.51. The first-order valence-electron chi connectivity index (χ1n) is 14.5. The summed E-state index contributed by atoms with van der Waals surface area (Å²) in [5.74, 6) is 1.16. The van der Waals surface area contributed by atoms with E-state index in [1.54, 1.807) is 17.9 Å². The Bertz CT molecular complexity index is 1520. The first-order valence-corrected chi connectivity index (χ1v) is 14.5. The maximum Gasteiger partial charge on any atom is 0.270 e. The molecule has 2 bridgehead atoms. The molecule has 0 saturated carbocycles. The molecular weight excluding hydrogens is 520 g/mol. The van der Waals surface area contributed by atoms with E-state index in [0.717, 1.165) is 60.8 Å². The molecule has 12 heteroatoms. The summed E-state index contributed by atoms with van der Waals surface area (Å²) >= 11 is 0. The van der Waals surface area contributed by atoms with Crippen LogP contribution in [0, 0.1) is 0 Å². The first-order chi connectivity index (χ1) is 19.9. The standard InChI is InChI=1S/C29H36N10O2/c1-18(40)36-11-9-19(13-36)24-12-25(27-28(30)31-17-32-39(24)27)37-10-3-4-20(14-37)34-29(41)23-5-2-6-26(35-23)38-15-21-7-8-22(16-38)33-21/h2,5-6,9,12,17,20-22,33H,3-4,7-8,10-11,13-16H2,1H3,(H,34,41)(H2,30,31,32)/t20-,21-,22+/m1/s1. The van der Waals surface area contributed by atoms with E-state index < -0.39 is 0 Å². The number of piperidine rings is 1. The van der Waals surface area contributed by atoms with Crippen LogP contribution in [0.25, 0.3) is 11.1 Å². The van der Waals surface area contributed by atoms with E-state index in [-0.39, 0.29) is 17.9 Å². The van der Waals surface area contributed by atoms with Gasteiger partial charge in [0.25, 0.3) is 5.91 Å². The molecule has 4 N–H and O–H groups in total. The number of fused-ring (bicyclic) bond motifs is 3. The molecule has 0 aliphatic carbocycles. The van der Waals surface area contributed by atoms with Crippen molar-refractivity contribution in [3.8, 4) is 0 Å². The summed E-state index contributed by atoms with van der Waals surface area (Å²) in [6.07, 6.45) is 7.72. The van der Waals surface area contributed by atoms with E-state index in [0.29, 0.717) is 43.2 Å². The van der Waals surface area contributed by atoms with Crippen molar-refractivity contribution < 1.29 is 9.59 Å². The maximum atomic E-state index is 13.4. The van der Waals surface area contributed by atoms with Gasteiger partial charge in [0.2, 0.25) is 5.91 Å². The average Bonchev–Trinajstić information content (AvgIpc) is 3.70. The molecule has 3 aromatic heterocycles. The Kier molecular flexibility index (Phi) is 6.49. The number of pyridine rings is 1. The van der Waals surface area contributed by atoms with Crippen LogP contribution in [0.15, 0.2) is 36.7 Å². The van der Waals surface area contributed by atoms with E-state index in [9.17, 15) is 9.59 Å². The summed E-state index contributed by atoms with van der Waals surface area (Å²) in [5.41, 5.74) is 10.4. The van der Waals surface area contributed by atoms with Crippen LogP contribution in [0.4, 0.5) is 17.3 Å². The van der Waals surface area contributed by atoms with Crippen LogP contribution in [-0.2, 0) is 4.79 Å². The minimum atomic E-state index is -0.150. The number of carbonyl (C=O) groups excluding carboxylic acids is 2. The van der Waals surface area contributed by atoms with Crippen molar-refractivity contribution in [1.29, 1.82) is 0 Å². The lowest BCUT2D eigenvalue weighted by Gasteiger charge is -2.35. The normalized spacial score (nSPS) is 24.2. The summed E-state index contributed by atoms with van der Waals surface area (Å²) < 4.78 is 1.83. The number of nitrogen functional groups attached to an aromatic ring is 1. The number of nitrogens with zero attached hydrogens (tertiary/aromatic N) is 7. The van der Waals surface area contributed by atoms with Crippen LogP contribution in [-0.4, -0.2) is 93.7 Å². The Hall–Kier alpha value is -4.19. The van der Waals surface area contributed by atoms with E-state index in [2.05, 4.69) is 42.7 Å². The second-order valence-corrected chi connectivity index (χ2v) is 11.6. The fourth-order valence-corrected chi connectivity index (χ4v) is 6.78. The summed E-state index contributed by atoms with van der Waals surface area (Å²) in [5, 5.41) is 11.4. The van der Waals surface area contributed by atoms with Crippen LogP contribution in [0.5, 0.6) is 0 Å². The third-order valence-corrected chi connectivity index (χ3v) is 8.86. The minimum Gasteiger partial charge on any atom is -0.382 e. The maximum absolute atomic E-state index is 13.4. The molecule has 2 amide bonds. The highest BCUT2D eigenvalue weighted by Gasteiger charge is 2.33. The molecule has 3 atom stereocenters. The van der Waals surface area contributed by atoms with Gasteiger partial charge in [-0.1, -0.05) is 12.1 Å². The number of hydrogen-bond donors (Lipinski definition) is 3. The van der Waals surface area contributed by atoms with Crippen molar-refractivity contribution in [3.05, 3.63) is 48.1 Å². The van der Waals surface area contributed by atoms with E-state index in [1.165, 1.54) is 19.2 Å². The zero-order valence-corrected chi connectivity index (χ0v) is 23.3. The smallest absolute Gasteiger partial charge is 0.270 e. The molecule has 4 aliphatic heterocycles. The van der Waals surface area contributed by atoms with Gasteiger partial charge < -0.3 is 31.1 Å². The number of carbonyl (C=O) groups is 2. The van der Waals surface area contributed by atoms with Crippen molar-refractivity contribution in [1.82, 2.24) is 35.1 Å². The number of piperazine rings is 1. The Morgan fingerprint density at radius 3 is 2.71 bits per heavy atom. The zero-order chi connectivity index (χ0) is 28.1. The van der Waals surface area contributed by atoms with Gasteiger partial charge in [-0.2, -0.15) is 5.10 Å². The Morgan fingerprint density at radius 1 is 1.10 bits per heavy atom. The van der Waals surface area contributed by atoms with Crippen molar-refractivity contribution in [3.63, 3.8) is 0 Å². The minimum absolute atomic E-state index is 0.0418. The monoisotopic (exact) mass is 556 g/mol. The van der Waals surface area contributed by atoms with Crippen molar-refractivity contribution in [2.45, 2.75) is 50.7 Å². The number of amides is 2. The molecule has 7 heterocycles. The lowest BCUT2D eigenvalue weighted by molar-refractivity contribution is -0.127. The molecule has 0 spiro atoms. The van der Waals surface area contributed by atoms with Gasteiger partial charge in [0.1, 0.15) is 23.4 Å². The molecule has 3 aromatic rings. The van der Waals surface area contributed by atoms with Gasteiger partial charge in [-0.3, -0.25) is 9.59 Å². The molecular formula is C29H36N10O2. The topological polar surface area (TPSA) is 137 Å². The van der Waals surface area contributed by atoms with E-state index in [4.69, 9.17) is 10.7 Å². The van der Waals surface area contributed by atoms with Crippen LogP contribution < -0.4 is 26.2 Å². The summed E-state index contributed by atoms with van der Waals surface area (Å²) in [7, 11) is 0. The summed E-state index contributed by atoms with van der Waals surface area (Å²) in [6.45, 7) is 6.02. The second-order valence-electron chi connectivity index (χ2n) is 11.6. The Morgan fingerprint density at radius 2 is 1.93 bits per heavy atom. The third-order valence-electron chi connectivity index (χ3n) is 8.86. The van der Waals surface area contributed by atoms with E-state index >= 15 is 0 Å². The van der Waals surface area contributed by atoms with Crippen molar-refractivity contribution in [2.75, 3.05) is 54.8 Å². The molecule has 214 valence electrons. The highest BCUT2D eigenvalue weighted by Crippen LogP contribution is 2.34. The average molecular weight is 557 g/mol. The number of nitrogens with two attached hydrogens (primary N) is 1. The van der Waals surface area contributed by atoms with Crippen LogP contribution in [0.3, 0.4) is 0 Å². The summed E-state index contributed by atoms with van der Waals surface area (Å²) in [4.78, 5) is 40.7. The summed E-state index contributed by atoms with van der Waals surface area (Å²) in [6, 6.07) is 8.78. The molecule has 3 fully saturated rings. The molecule has 0 unspecified atom stereocenters. The fraction of sp³-hybridized carbons (Fsp3) is 0.483. The number of nitrogens with one attached hydrogen (secondary N) is 2. The highest BCUT2D eigenvalue weighted by atomic mass is 16.2. The van der Waals surface area contributed by atoms with Gasteiger partial charge in [0, 0.05) is 64.3 Å². The molecule has 0 aromatic carbocycles. The molecule has 7 rings (SSSR count). The molecule has 0 radical (unpaired) electrons. The number of hydrogen-bond acceptors (Lipinski definition) is 9. The zero-order valence-electron chi connectivity index (χ0n) is 23.3.